The minimum absolute atomic E-state index is 0.0581. The maximum Gasteiger partial charge on any atom is 0.139 e. The fourth-order valence-electron chi connectivity index (χ4n) is 7.62. The van der Waals surface area contributed by atoms with E-state index < -0.39 is 0 Å². The second kappa shape index (κ2) is 11.5. The van der Waals surface area contributed by atoms with Gasteiger partial charge in [-0.2, -0.15) is 5.10 Å². The van der Waals surface area contributed by atoms with Gasteiger partial charge in [-0.25, -0.2) is 4.98 Å². The predicted molar refractivity (Wildman–Crippen MR) is 211 cm³/mol. The van der Waals surface area contributed by atoms with Crippen molar-refractivity contribution >= 4 is 55.6 Å². The second-order valence-corrected chi connectivity index (χ2v) is 14.7. The maximum atomic E-state index is 6.72. The molecular formula is C44H40N6O. The smallest absolute Gasteiger partial charge is 0.139 e. The van der Waals surface area contributed by atoms with Crippen molar-refractivity contribution < 1.29 is 4.74 Å². The van der Waals surface area contributed by atoms with E-state index in [1.165, 1.54) is 43.9 Å². The molecule has 0 saturated heterocycles. The Labute approximate surface area is 297 Å². The van der Waals surface area contributed by atoms with Crippen LogP contribution in [0.1, 0.15) is 37.5 Å². The fraction of sp³-hybridized carbons (Fsp3) is 0.182. The third-order valence-corrected chi connectivity index (χ3v) is 10.1. The summed E-state index contributed by atoms with van der Waals surface area (Å²) in [6.07, 6.45) is 3.80. The van der Waals surface area contributed by atoms with Crippen LogP contribution in [0.3, 0.4) is 0 Å². The van der Waals surface area contributed by atoms with Crippen molar-refractivity contribution in [3.8, 4) is 23.0 Å². The highest BCUT2D eigenvalue weighted by Gasteiger charge is 2.22. The Hall–Kier alpha value is -6.08. The number of pyridine rings is 1. The molecular weight excluding hydrogens is 629 g/mol. The van der Waals surface area contributed by atoms with Crippen LogP contribution in [0.4, 0.5) is 5.69 Å². The number of ether oxygens (including phenoxy) is 1. The number of para-hydroxylation sites is 3. The molecule has 1 aliphatic heterocycles. The van der Waals surface area contributed by atoms with Gasteiger partial charge in [0.15, 0.2) is 0 Å². The molecule has 252 valence electrons. The molecule has 0 N–H and O–H groups in total. The topological polar surface area (TPSA) is 50.8 Å². The van der Waals surface area contributed by atoms with Crippen LogP contribution in [-0.2, 0) is 5.41 Å². The number of benzene rings is 5. The first-order valence-electron chi connectivity index (χ1n) is 17.5. The number of fused-ring (bicyclic) bond motifs is 6. The van der Waals surface area contributed by atoms with Crippen LogP contribution in [0.15, 0.2) is 120 Å². The molecule has 9 rings (SSSR count). The highest BCUT2D eigenvalue weighted by molar-refractivity contribution is 6.12. The number of aromatic nitrogens is 3. The third-order valence-electron chi connectivity index (χ3n) is 10.1. The van der Waals surface area contributed by atoms with Crippen molar-refractivity contribution in [2.24, 2.45) is 5.10 Å². The van der Waals surface area contributed by atoms with E-state index in [0.29, 0.717) is 6.67 Å². The molecule has 1 aliphatic rings. The van der Waals surface area contributed by atoms with Crippen molar-refractivity contribution in [1.29, 1.82) is 0 Å². The lowest BCUT2D eigenvalue weighted by atomic mass is 9.86. The molecule has 0 spiro atoms. The first-order valence-corrected chi connectivity index (χ1v) is 17.5. The Morgan fingerprint density at radius 2 is 1.33 bits per heavy atom. The first-order chi connectivity index (χ1) is 24.6. The molecule has 0 aliphatic carbocycles. The molecule has 0 saturated carbocycles. The molecule has 4 heterocycles. The zero-order valence-corrected chi connectivity index (χ0v) is 29.8. The Morgan fingerprint density at radius 3 is 2.04 bits per heavy atom. The number of anilines is 1. The van der Waals surface area contributed by atoms with Gasteiger partial charge in [-0.15, -0.1) is 0 Å². The molecule has 0 radical (unpaired) electrons. The van der Waals surface area contributed by atoms with Crippen LogP contribution in [0.2, 0.25) is 0 Å². The number of hydrazone groups is 1. The maximum absolute atomic E-state index is 6.72. The molecule has 8 aromatic rings. The summed E-state index contributed by atoms with van der Waals surface area (Å²) in [6.45, 7) is 11.8. The minimum Gasteiger partial charge on any atom is -0.457 e. The average molecular weight is 669 g/mol. The van der Waals surface area contributed by atoms with Gasteiger partial charge < -0.3 is 14.2 Å². The number of hydrogen-bond acceptors (Lipinski definition) is 5. The number of aryl methyl sites for hydroxylation is 2. The van der Waals surface area contributed by atoms with Gasteiger partial charge in [0.05, 0.1) is 27.8 Å². The van der Waals surface area contributed by atoms with Crippen molar-refractivity contribution in [2.75, 3.05) is 18.6 Å². The lowest BCUT2D eigenvalue weighted by molar-refractivity contribution is 0.393. The SMILES string of the molecule is Cc1cccc2c3cccc(C)c3n(-c3ccnc(-n4c5ccccc5c5ccc(Oc6cc(N7C=NN(C)C7)cc(C(C)(C)C)c6)cc54)c3)c12. The molecule has 7 nitrogen and oxygen atoms in total. The van der Waals surface area contributed by atoms with Crippen molar-refractivity contribution in [2.45, 2.75) is 40.0 Å². The molecule has 0 fully saturated rings. The lowest BCUT2D eigenvalue weighted by Crippen LogP contribution is -2.24. The van der Waals surface area contributed by atoms with E-state index in [-0.39, 0.29) is 5.41 Å². The zero-order valence-electron chi connectivity index (χ0n) is 29.8. The average Bonchev–Trinajstić information content (AvgIpc) is 3.81. The monoisotopic (exact) mass is 668 g/mol. The second-order valence-electron chi connectivity index (χ2n) is 14.7. The van der Waals surface area contributed by atoms with Gasteiger partial charge in [-0.1, -0.05) is 75.4 Å². The quantitative estimate of drug-likeness (QED) is 0.183. The summed E-state index contributed by atoms with van der Waals surface area (Å²) >= 11 is 0. The Kier molecular flexibility index (Phi) is 6.97. The van der Waals surface area contributed by atoms with E-state index in [4.69, 9.17) is 9.72 Å². The summed E-state index contributed by atoms with van der Waals surface area (Å²) in [5, 5.41) is 11.2. The highest BCUT2D eigenvalue weighted by Crippen LogP contribution is 2.39. The minimum atomic E-state index is -0.0581. The van der Waals surface area contributed by atoms with Gasteiger partial charge >= 0.3 is 0 Å². The van der Waals surface area contributed by atoms with Crippen LogP contribution < -0.4 is 9.64 Å². The van der Waals surface area contributed by atoms with Gasteiger partial charge in [0.1, 0.15) is 30.3 Å². The van der Waals surface area contributed by atoms with E-state index in [0.717, 1.165) is 45.1 Å². The number of rotatable bonds is 5. The van der Waals surface area contributed by atoms with Gasteiger partial charge in [0.2, 0.25) is 0 Å². The van der Waals surface area contributed by atoms with Crippen molar-refractivity contribution in [3.05, 3.63) is 132 Å². The summed E-state index contributed by atoms with van der Waals surface area (Å²) in [7, 11) is 1.98. The summed E-state index contributed by atoms with van der Waals surface area (Å²) < 4.78 is 11.4. The summed E-state index contributed by atoms with van der Waals surface area (Å²) in [5.74, 6) is 2.41. The Bertz CT molecular complexity index is 2630. The predicted octanol–water partition coefficient (Wildman–Crippen LogP) is 10.6. The molecule has 5 aromatic carbocycles. The zero-order chi connectivity index (χ0) is 35.0. The summed E-state index contributed by atoms with van der Waals surface area (Å²) in [5.41, 5.74) is 10.3. The van der Waals surface area contributed by atoms with Gasteiger partial charge in [0.25, 0.3) is 0 Å². The normalized spacial score (nSPS) is 13.5. The lowest BCUT2D eigenvalue weighted by Gasteiger charge is -2.24. The molecule has 0 amide bonds. The molecule has 0 bridgehead atoms. The van der Waals surface area contributed by atoms with E-state index in [9.17, 15) is 0 Å². The van der Waals surface area contributed by atoms with Crippen molar-refractivity contribution in [1.82, 2.24) is 19.1 Å². The highest BCUT2D eigenvalue weighted by atomic mass is 16.5. The van der Waals surface area contributed by atoms with E-state index in [1.54, 1.807) is 0 Å². The Morgan fingerprint density at radius 1 is 0.627 bits per heavy atom. The van der Waals surface area contributed by atoms with Crippen LogP contribution in [0.5, 0.6) is 11.5 Å². The molecule has 0 atom stereocenters. The molecule has 3 aromatic heterocycles. The first kappa shape index (κ1) is 30.9. The van der Waals surface area contributed by atoms with Crippen LogP contribution in [-0.4, -0.2) is 39.2 Å². The number of nitrogens with zero attached hydrogens (tertiary/aromatic N) is 6. The molecule has 7 heteroatoms. The van der Waals surface area contributed by atoms with Crippen LogP contribution >= 0.6 is 0 Å². The van der Waals surface area contributed by atoms with E-state index in [2.05, 4.69) is 163 Å². The van der Waals surface area contributed by atoms with E-state index >= 15 is 0 Å². The third kappa shape index (κ3) is 5.11. The van der Waals surface area contributed by atoms with E-state index in [1.807, 2.05) is 24.6 Å². The van der Waals surface area contributed by atoms with Gasteiger partial charge in [-0.05, 0) is 72.4 Å². The number of hydrogen-bond donors (Lipinski definition) is 0. The molecule has 0 unspecified atom stereocenters. The standard InChI is InChI=1S/C44H40N6O/c1-28-11-9-14-37-38-15-10-12-29(2)43(38)49(42(28)37)31-19-20-45-41(24-31)50-39-16-8-7-13-35(39)36-18-17-33(25-40(36)50)51-34-22-30(44(3,4)5)21-32(23-34)48-26-46-47(6)27-48/h7-26H,27H2,1-6H3. The summed E-state index contributed by atoms with van der Waals surface area (Å²) in [4.78, 5) is 7.14. The largest absolute Gasteiger partial charge is 0.457 e. The van der Waals surface area contributed by atoms with Crippen molar-refractivity contribution in [3.63, 3.8) is 0 Å². The molecule has 51 heavy (non-hydrogen) atoms. The van der Waals surface area contributed by atoms with Crippen LogP contribution in [0, 0.1) is 13.8 Å². The van der Waals surface area contributed by atoms with Gasteiger partial charge in [0, 0.05) is 58.7 Å². The van der Waals surface area contributed by atoms with Crippen LogP contribution in [0.25, 0.3) is 55.1 Å². The fourth-order valence-corrected chi connectivity index (χ4v) is 7.62. The van der Waals surface area contributed by atoms with Gasteiger partial charge in [-0.3, -0.25) is 9.58 Å². The summed E-state index contributed by atoms with van der Waals surface area (Å²) in [6, 6.07) is 38.9. The Balaban J connectivity index is 1.20.